The highest BCUT2D eigenvalue weighted by Gasteiger charge is 2.15. The maximum absolute atomic E-state index is 6.45. The molecule has 2 rings (SSSR count). The fourth-order valence-corrected chi connectivity index (χ4v) is 2.51. The summed E-state index contributed by atoms with van der Waals surface area (Å²) in [5.41, 5.74) is 2.21. The predicted octanol–water partition coefficient (Wildman–Crippen LogP) is 5.21. The minimum atomic E-state index is 0.0424. The van der Waals surface area contributed by atoms with Crippen LogP contribution in [0.3, 0.4) is 0 Å². The van der Waals surface area contributed by atoms with Crippen molar-refractivity contribution in [1.29, 1.82) is 0 Å². The van der Waals surface area contributed by atoms with Gasteiger partial charge in [-0.05, 0) is 51.0 Å². The van der Waals surface area contributed by atoms with Crippen LogP contribution < -0.4 is 14.8 Å². The predicted molar refractivity (Wildman–Crippen MR) is 100.0 cm³/mol. The summed E-state index contributed by atoms with van der Waals surface area (Å²) in [5, 5.41) is 4.03. The van der Waals surface area contributed by atoms with E-state index in [1.165, 1.54) is 0 Å². The standard InChI is InChI=1S/C20H26ClNO2/c1-5-23-18-12-16(13-22-20(2,3)4)11-17(21)19(18)24-14-15-9-7-6-8-10-15/h6-12,22H,5,13-14H2,1-4H3. The van der Waals surface area contributed by atoms with Gasteiger partial charge in [0.15, 0.2) is 11.5 Å². The molecule has 0 bridgehead atoms. The normalized spacial score (nSPS) is 11.4. The molecule has 3 nitrogen and oxygen atoms in total. The van der Waals surface area contributed by atoms with E-state index in [9.17, 15) is 0 Å². The van der Waals surface area contributed by atoms with E-state index in [0.29, 0.717) is 29.7 Å². The Kier molecular flexibility index (Phi) is 6.52. The number of hydrogen-bond acceptors (Lipinski definition) is 3. The summed E-state index contributed by atoms with van der Waals surface area (Å²) >= 11 is 6.45. The maximum atomic E-state index is 6.45. The molecule has 0 aliphatic heterocycles. The minimum absolute atomic E-state index is 0.0424. The van der Waals surface area contributed by atoms with Crippen LogP contribution in [0.5, 0.6) is 11.5 Å². The molecule has 0 unspecified atom stereocenters. The van der Waals surface area contributed by atoms with Gasteiger partial charge in [0.25, 0.3) is 0 Å². The maximum Gasteiger partial charge on any atom is 0.180 e. The lowest BCUT2D eigenvalue weighted by Gasteiger charge is -2.21. The fraction of sp³-hybridized carbons (Fsp3) is 0.400. The molecule has 0 aliphatic carbocycles. The van der Waals surface area contributed by atoms with Crippen molar-refractivity contribution in [1.82, 2.24) is 5.32 Å². The summed E-state index contributed by atoms with van der Waals surface area (Å²) in [6.45, 7) is 10.1. The van der Waals surface area contributed by atoms with Crippen LogP contribution in [0.2, 0.25) is 5.02 Å². The quantitative estimate of drug-likeness (QED) is 0.746. The first-order chi connectivity index (χ1) is 11.4. The second kappa shape index (κ2) is 8.41. The Morgan fingerprint density at radius 3 is 2.33 bits per heavy atom. The largest absolute Gasteiger partial charge is 0.490 e. The third-order valence-corrected chi connectivity index (χ3v) is 3.70. The highest BCUT2D eigenvalue weighted by molar-refractivity contribution is 6.32. The topological polar surface area (TPSA) is 30.5 Å². The summed E-state index contributed by atoms with van der Waals surface area (Å²) in [6.07, 6.45) is 0. The van der Waals surface area contributed by atoms with Gasteiger partial charge < -0.3 is 14.8 Å². The third kappa shape index (κ3) is 5.73. The number of ether oxygens (including phenoxy) is 2. The van der Waals surface area contributed by atoms with Crippen molar-refractivity contribution < 1.29 is 9.47 Å². The van der Waals surface area contributed by atoms with Crippen LogP contribution in [-0.2, 0) is 13.2 Å². The average Bonchev–Trinajstić information content (AvgIpc) is 2.53. The van der Waals surface area contributed by atoms with E-state index in [-0.39, 0.29) is 5.54 Å². The van der Waals surface area contributed by atoms with Crippen LogP contribution in [0.15, 0.2) is 42.5 Å². The lowest BCUT2D eigenvalue weighted by molar-refractivity contribution is 0.269. The van der Waals surface area contributed by atoms with Gasteiger partial charge in [-0.15, -0.1) is 0 Å². The Hall–Kier alpha value is -1.71. The molecule has 0 spiro atoms. The highest BCUT2D eigenvalue weighted by atomic mass is 35.5. The Balaban J connectivity index is 2.17. The zero-order valence-corrected chi connectivity index (χ0v) is 15.6. The highest BCUT2D eigenvalue weighted by Crippen LogP contribution is 2.37. The van der Waals surface area contributed by atoms with Crippen LogP contribution in [-0.4, -0.2) is 12.1 Å². The molecule has 0 saturated carbocycles. The lowest BCUT2D eigenvalue weighted by Crippen LogP contribution is -2.35. The molecule has 130 valence electrons. The van der Waals surface area contributed by atoms with Crippen molar-refractivity contribution in [3.63, 3.8) is 0 Å². The fourth-order valence-electron chi connectivity index (χ4n) is 2.22. The van der Waals surface area contributed by atoms with Crippen molar-refractivity contribution in [2.75, 3.05) is 6.61 Å². The second-order valence-electron chi connectivity index (χ2n) is 6.72. The van der Waals surface area contributed by atoms with Crippen LogP contribution in [0.1, 0.15) is 38.8 Å². The molecule has 0 saturated heterocycles. The van der Waals surface area contributed by atoms with Crippen molar-refractivity contribution in [3.05, 3.63) is 58.6 Å². The Bertz CT molecular complexity index is 651. The Morgan fingerprint density at radius 2 is 1.71 bits per heavy atom. The van der Waals surface area contributed by atoms with E-state index in [0.717, 1.165) is 17.7 Å². The summed E-state index contributed by atoms with van der Waals surface area (Å²) in [6, 6.07) is 13.9. The third-order valence-electron chi connectivity index (χ3n) is 3.42. The molecule has 4 heteroatoms. The SMILES string of the molecule is CCOc1cc(CNC(C)(C)C)cc(Cl)c1OCc1ccccc1. The minimum Gasteiger partial charge on any atom is -0.490 e. The summed E-state index contributed by atoms with van der Waals surface area (Å²) in [7, 11) is 0. The molecule has 2 aromatic rings. The van der Waals surface area contributed by atoms with Crippen LogP contribution in [0.4, 0.5) is 0 Å². The Morgan fingerprint density at radius 1 is 1.00 bits per heavy atom. The molecule has 1 N–H and O–H groups in total. The van der Waals surface area contributed by atoms with Gasteiger partial charge in [0.05, 0.1) is 11.6 Å². The van der Waals surface area contributed by atoms with E-state index in [1.54, 1.807) is 0 Å². The van der Waals surface area contributed by atoms with E-state index < -0.39 is 0 Å². The zero-order chi connectivity index (χ0) is 17.6. The lowest BCUT2D eigenvalue weighted by atomic mass is 10.1. The molecule has 0 fully saturated rings. The molecular formula is C20H26ClNO2. The first-order valence-corrected chi connectivity index (χ1v) is 8.64. The van der Waals surface area contributed by atoms with Gasteiger partial charge in [0.2, 0.25) is 0 Å². The van der Waals surface area contributed by atoms with Crippen molar-refractivity contribution >= 4 is 11.6 Å². The van der Waals surface area contributed by atoms with E-state index in [2.05, 4.69) is 26.1 Å². The Labute approximate surface area is 149 Å². The van der Waals surface area contributed by atoms with E-state index >= 15 is 0 Å². The van der Waals surface area contributed by atoms with Gasteiger partial charge in [0.1, 0.15) is 6.61 Å². The first kappa shape index (κ1) is 18.6. The van der Waals surface area contributed by atoms with Crippen LogP contribution >= 0.6 is 11.6 Å². The van der Waals surface area contributed by atoms with Gasteiger partial charge in [-0.2, -0.15) is 0 Å². The average molecular weight is 348 g/mol. The van der Waals surface area contributed by atoms with Crippen LogP contribution in [0, 0.1) is 0 Å². The van der Waals surface area contributed by atoms with Crippen LogP contribution in [0.25, 0.3) is 0 Å². The zero-order valence-electron chi connectivity index (χ0n) is 14.9. The summed E-state index contributed by atoms with van der Waals surface area (Å²) in [4.78, 5) is 0. The number of halogens is 1. The number of nitrogens with one attached hydrogen (secondary N) is 1. The first-order valence-electron chi connectivity index (χ1n) is 8.26. The molecule has 0 radical (unpaired) electrons. The number of hydrogen-bond donors (Lipinski definition) is 1. The van der Waals surface area contributed by atoms with Gasteiger partial charge >= 0.3 is 0 Å². The second-order valence-corrected chi connectivity index (χ2v) is 7.12. The van der Waals surface area contributed by atoms with Crippen molar-refractivity contribution in [3.8, 4) is 11.5 Å². The van der Waals surface area contributed by atoms with Gasteiger partial charge in [-0.3, -0.25) is 0 Å². The van der Waals surface area contributed by atoms with E-state index in [1.807, 2.05) is 49.4 Å². The molecule has 0 aromatic heterocycles. The van der Waals surface area contributed by atoms with Gasteiger partial charge in [0, 0.05) is 12.1 Å². The molecule has 0 atom stereocenters. The number of benzene rings is 2. The summed E-state index contributed by atoms with van der Waals surface area (Å²) in [5.74, 6) is 1.29. The smallest absolute Gasteiger partial charge is 0.180 e. The number of rotatable bonds is 7. The van der Waals surface area contributed by atoms with Gasteiger partial charge in [-0.25, -0.2) is 0 Å². The molecule has 2 aromatic carbocycles. The summed E-state index contributed by atoms with van der Waals surface area (Å²) < 4.78 is 11.7. The molecular weight excluding hydrogens is 322 g/mol. The molecule has 0 amide bonds. The molecule has 0 heterocycles. The van der Waals surface area contributed by atoms with Crippen molar-refractivity contribution in [2.24, 2.45) is 0 Å². The van der Waals surface area contributed by atoms with Gasteiger partial charge in [-0.1, -0.05) is 41.9 Å². The van der Waals surface area contributed by atoms with E-state index in [4.69, 9.17) is 21.1 Å². The molecule has 0 aliphatic rings. The monoisotopic (exact) mass is 347 g/mol. The molecule has 24 heavy (non-hydrogen) atoms. The van der Waals surface area contributed by atoms with Crippen molar-refractivity contribution in [2.45, 2.75) is 46.4 Å².